The van der Waals surface area contributed by atoms with Crippen LogP contribution in [-0.2, 0) is 17.6 Å². The molecule has 4 nitrogen and oxygen atoms in total. The first kappa shape index (κ1) is 15.5. The predicted octanol–water partition coefficient (Wildman–Crippen LogP) is 3.47. The number of hydrogen-bond donors (Lipinski definition) is 1. The molecule has 0 fully saturated rings. The van der Waals surface area contributed by atoms with E-state index in [0.29, 0.717) is 13.0 Å². The van der Waals surface area contributed by atoms with Gasteiger partial charge in [0.25, 0.3) is 0 Å². The Morgan fingerprint density at radius 3 is 2.60 bits per heavy atom. The van der Waals surface area contributed by atoms with E-state index in [-0.39, 0.29) is 12.7 Å². The van der Waals surface area contributed by atoms with Crippen molar-refractivity contribution in [2.24, 2.45) is 0 Å². The molecule has 0 radical (unpaired) electrons. The summed E-state index contributed by atoms with van der Waals surface area (Å²) in [5.41, 5.74) is 2.15. The fourth-order valence-electron chi connectivity index (χ4n) is 3.04. The van der Waals surface area contributed by atoms with Crippen molar-refractivity contribution < 1.29 is 14.3 Å². The Morgan fingerprint density at radius 2 is 1.68 bits per heavy atom. The molecule has 0 saturated carbocycles. The summed E-state index contributed by atoms with van der Waals surface area (Å²) in [6.45, 7) is 0.882. The molecular formula is C21H19NO3. The molecular weight excluding hydrogens is 314 g/mol. The summed E-state index contributed by atoms with van der Waals surface area (Å²) < 4.78 is 10.7. The van der Waals surface area contributed by atoms with Gasteiger partial charge in [-0.05, 0) is 40.5 Å². The molecule has 0 bridgehead atoms. The number of amides is 1. The molecule has 3 aromatic carbocycles. The van der Waals surface area contributed by atoms with Crippen molar-refractivity contribution in [3.05, 3.63) is 71.8 Å². The Hall–Kier alpha value is -3.01. The van der Waals surface area contributed by atoms with E-state index in [1.165, 1.54) is 5.39 Å². The van der Waals surface area contributed by atoms with E-state index in [1.807, 2.05) is 36.4 Å². The fourth-order valence-corrected chi connectivity index (χ4v) is 3.04. The monoisotopic (exact) mass is 333 g/mol. The average molecular weight is 333 g/mol. The molecule has 0 atom stereocenters. The molecule has 0 aliphatic carbocycles. The molecule has 0 unspecified atom stereocenters. The van der Waals surface area contributed by atoms with E-state index in [0.717, 1.165) is 34.4 Å². The second kappa shape index (κ2) is 6.85. The van der Waals surface area contributed by atoms with Crippen molar-refractivity contribution in [2.45, 2.75) is 12.8 Å². The molecule has 4 heteroatoms. The summed E-state index contributed by atoms with van der Waals surface area (Å²) in [5, 5.41) is 5.33. The Morgan fingerprint density at radius 1 is 0.880 bits per heavy atom. The molecule has 4 rings (SSSR count). The van der Waals surface area contributed by atoms with Crippen LogP contribution < -0.4 is 14.8 Å². The minimum atomic E-state index is 0.0380. The topological polar surface area (TPSA) is 47.6 Å². The number of ether oxygens (including phenoxy) is 2. The Kier molecular flexibility index (Phi) is 4.25. The largest absolute Gasteiger partial charge is 0.454 e. The lowest BCUT2D eigenvalue weighted by Crippen LogP contribution is -2.27. The highest BCUT2D eigenvalue weighted by atomic mass is 16.7. The predicted molar refractivity (Wildman–Crippen MR) is 96.9 cm³/mol. The van der Waals surface area contributed by atoms with Crippen LogP contribution in [0.5, 0.6) is 11.5 Å². The van der Waals surface area contributed by atoms with Gasteiger partial charge in [-0.3, -0.25) is 4.79 Å². The number of carbonyl (C=O) groups is 1. The molecule has 3 aromatic rings. The first-order valence-corrected chi connectivity index (χ1v) is 8.41. The quantitative estimate of drug-likeness (QED) is 0.778. The summed E-state index contributed by atoms with van der Waals surface area (Å²) in [6.07, 6.45) is 1.16. The van der Waals surface area contributed by atoms with Crippen molar-refractivity contribution in [2.75, 3.05) is 13.3 Å². The molecule has 1 heterocycles. The van der Waals surface area contributed by atoms with Gasteiger partial charge in [-0.1, -0.05) is 48.5 Å². The highest BCUT2D eigenvalue weighted by Gasteiger charge is 2.13. The van der Waals surface area contributed by atoms with Crippen LogP contribution in [0.3, 0.4) is 0 Å². The Balaban J connectivity index is 1.31. The third kappa shape index (κ3) is 3.58. The first-order chi connectivity index (χ1) is 12.3. The van der Waals surface area contributed by atoms with Gasteiger partial charge in [0.2, 0.25) is 12.7 Å². The van der Waals surface area contributed by atoms with Crippen LogP contribution in [0.15, 0.2) is 60.7 Å². The first-order valence-electron chi connectivity index (χ1n) is 8.41. The van der Waals surface area contributed by atoms with Crippen LogP contribution in [0.4, 0.5) is 0 Å². The number of fused-ring (bicyclic) bond motifs is 2. The van der Waals surface area contributed by atoms with Crippen molar-refractivity contribution in [1.82, 2.24) is 5.32 Å². The molecule has 1 aliphatic rings. The van der Waals surface area contributed by atoms with Crippen LogP contribution in [0.2, 0.25) is 0 Å². The van der Waals surface area contributed by atoms with Crippen molar-refractivity contribution >= 4 is 16.7 Å². The van der Waals surface area contributed by atoms with Crippen LogP contribution in [0, 0.1) is 0 Å². The maximum atomic E-state index is 12.2. The summed E-state index contributed by atoms with van der Waals surface area (Å²) in [7, 11) is 0. The standard InChI is InChI=1S/C21H19NO3/c23-21(13-16-5-7-17-3-1-2-4-18(17)11-16)22-10-9-15-6-8-19-20(12-15)25-14-24-19/h1-8,11-12H,9-10,13-14H2,(H,22,23). The molecule has 1 N–H and O–H groups in total. The minimum absolute atomic E-state index is 0.0380. The Labute approximate surface area is 146 Å². The van der Waals surface area contributed by atoms with Crippen LogP contribution in [0.1, 0.15) is 11.1 Å². The molecule has 1 aliphatic heterocycles. The van der Waals surface area contributed by atoms with Crippen molar-refractivity contribution in [3.63, 3.8) is 0 Å². The SMILES string of the molecule is O=C(Cc1ccc2ccccc2c1)NCCc1ccc2c(c1)OCO2. The zero-order valence-electron chi connectivity index (χ0n) is 13.8. The summed E-state index contributed by atoms with van der Waals surface area (Å²) in [4.78, 5) is 12.2. The third-order valence-electron chi connectivity index (χ3n) is 4.35. The van der Waals surface area contributed by atoms with Crippen molar-refractivity contribution in [3.8, 4) is 11.5 Å². The highest BCUT2D eigenvalue weighted by molar-refractivity contribution is 5.85. The van der Waals surface area contributed by atoms with Crippen LogP contribution in [-0.4, -0.2) is 19.2 Å². The molecule has 0 spiro atoms. The Bertz CT molecular complexity index is 920. The van der Waals surface area contributed by atoms with Gasteiger partial charge in [-0.15, -0.1) is 0 Å². The summed E-state index contributed by atoms with van der Waals surface area (Å²) >= 11 is 0. The molecule has 25 heavy (non-hydrogen) atoms. The number of benzene rings is 3. The van der Waals surface area contributed by atoms with E-state index >= 15 is 0 Å². The van der Waals surface area contributed by atoms with E-state index in [2.05, 4.69) is 29.6 Å². The van der Waals surface area contributed by atoms with Gasteiger partial charge in [-0.25, -0.2) is 0 Å². The lowest BCUT2D eigenvalue weighted by molar-refractivity contribution is -0.120. The fraction of sp³-hybridized carbons (Fsp3) is 0.190. The van der Waals surface area contributed by atoms with E-state index in [4.69, 9.17) is 9.47 Å². The zero-order valence-corrected chi connectivity index (χ0v) is 13.8. The second-order valence-corrected chi connectivity index (χ2v) is 6.15. The highest BCUT2D eigenvalue weighted by Crippen LogP contribution is 2.32. The maximum Gasteiger partial charge on any atom is 0.231 e. The number of hydrogen-bond acceptors (Lipinski definition) is 3. The van der Waals surface area contributed by atoms with Crippen LogP contribution in [0.25, 0.3) is 10.8 Å². The van der Waals surface area contributed by atoms with Gasteiger partial charge in [0.05, 0.1) is 6.42 Å². The number of rotatable bonds is 5. The zero-order chi connectivity index (χ0) is 17.1. The summed E-state index contributed by atoms with van der Waals surface area (Å²) in [5.74, 6) is 1.60. The molecule has 1 amide bonds. The third-order valence-corrected chi connectivity index (χ3v) is 4.35. The van der Waals surface area contributed by atoms with Gasteiger partial charge >= 0.3 is 0 Å². The van der Waals surface area contributed by atoms with Gasteiger partial charge < -0.3 is 14.8 Å². The lowest BCUT2D eigenvalue weighted by Gasteiger charge is -2.07. The smallest absolute Gasteiger partial charge is 0.231 e. The lowest BCUT2D eigenvalue weighted by atomic mass is 10.0. The average Bonchev–Trinajstić information content (AvgIpc) is 3.09. The second-order valence-electron chi connectivity index (χ2n) is 6.15. The minimum Gasteiger partial charge on any atom is -0.454 e. The van der Waals surface area contributed by atoms with E-state index in [1.54, 1.807) is 0 Å². The van der Waals surface area contributed by atoms with Crippen LogP contribution >= 0.6 is 0 Å². The maximum absolute atomic E-state index is 12.2. The molecule has 0 saturated heterocycles. The summed E-state index contributed by atoms with van der Waals surface area (Å²) in [6, 6.07) is 20.2. The van der Waals surface area contributed by atoms with Gasteiger partial charge in [0.15, 0.2) is 11.5 Å². The normalized spacial score (nSPS) is 12.3. The van der Waals surface area contributed by atoms with Crippen molar-refractivity contribution in [1.29, 1.82) is 0 Å². The van der Waals surface area contributed by atoms with E-state index in [9.17, 15) is 4.79 Å². The van der Waals surface area contributed by atoms with Gasteiger partial charge in [0, 0.05) is 6.54 Å². The van der Waals surface area contributed by atoms with E-state index < -0.39 is 0 Å². The number of nitrogens with one attached hydrogen (secondary N) is 1. The number of carbonyl (C=O) groups excluding carboxylic acids is 1. The van der Waals surface area contributed by atoms with Gasteiger partial charge in [0.1, 0.15) is 0 Å². The molecule has 0 aromatic heterocycles. The molecule has 126 valence electrons. The van der Waals surface area contributed by atoms with Gasteiger partial charge in [-0.2, -0.15) is 0 Å².